The number of carbonyl (C=O) groups is 1. The predicted octanol–water partition coefficient (Wildman–Crippen LogP) is 5.93. The smallest absolute Gasteiger partial charge is 0.306 e. The van der Waals surface area contributed by atoms with Gasteiger partial charge in [0.1, 0.15) is 0 Å². The summed E-state index contributed by atoms with van der Waals surface area (Å²) in [7, 11) is 0. The molecule has 0 saturated carbocycles. The highest BCUT2D eigenvalue weighted by molar-refractivity contribution is 9.10. The van der Waals surface area contributed by atoms with E-state index in [1.54, 1.807) is 6.07 Å². The second kappa shape index (κ2) is 11.2. The Labute approximate surface area is 156 Å². The van der Waals surface area contributed by atoms with Crippen molar-refractivity contribution in [1.29, 1.82) is 0 Å². The molecule has 0 heterocycles. The number of hydrogen-bond donors (Lipinski definition) is 1. The largest absolute Gasteiger partial charge is 0.465 e. The molecule has 0 bridgehead atoms. The number of benzene rings is 1. The quantitative estimate of drug-likeness (QED) is 0.288. The average molecular weight is 423 g/mol. The first-order valence-corrected chi connectivity index (χ1v) is 10.2. The van der Waals surface area contributed by atoms with E-state index in [1.165, 1.54) is 24.6 Å². The van der Waals surface area contributed by atoms with Crippen LogP contribution in [0.5, 0.6) is 0 Å². The minimum absolute atomic E-state index is 0.155. The number of carbonyl (C=O) groups excluding carboxylic acids is 1. The Balaban J connectivity index is 2.36. The molecule has 0 aliphatic heterocycles. The standard InChI is InChI=1S/C17H25BrClNO2S/c1-3-5-6-12(4-2)11-22-15(21)9-10-23-17-14(20)8-7-13(18)16(17)19/h7-8,12H,3-6,9-11,20H2,1-2H3. The van der Waals surface area contributed by atoms with Crippen LogP contribution < -0.4 is 5.73 Å². The molecule has 1 rings (SSSR count). The summed E-state index contributed by atoms with van der Waals surface area (Å²) in [5, 5.41) is 0.592. The van der Waals surface area contributed by atoms with E-state index in [4.69, 9.17) is 22.1 Å². The van der Waals surface area contributed by atoms with Crippen LogP contribution in [0.25, 0.3) is 0 Å². The zero-order valence-electron chi connectivity index (χ0n) is 13.7. The first-order chi connectivity index (χ1) is 11.0. The van der Waals surface area contributed by atoms with Gasteiger partial charge in [0.05, 0.1) is 22.9 Å². The van der Waals surface area contributed by atoms with E-state index in [1.807, 2.05) is 6.07 Å². The molecule has 0 spiro atoms. The number of nitrogens with two attached hydrogens (primary N) is 1. The van der Waals surface area contributed by atoms with Crippen molar-refractivity contribution >= 4 is 50.9 Å². The van der Waals surface area contributed by atoms with Crippen LogP contribution in [0.4, 0.5) is 5.69 Å². The van der Waals surface area contributed by atoms with Gasteiger partial charge in [0.25, 0.3) is 0 Å². The molecular formula is C17H25BrClNO2S. The number of esters is 1. The normalized spacial score (nSPS) is 12.2. The van der Waals surface area contributed by atoms with E-state index in [9.17, 15) is 4.79 Å². The summed E-state index contributed by atoms with van der Waals surface area (Å²) in [5.74, 6) is 0.921. The van der Waals surface area contributed by atoms with Crippen molar-refractivity contribution in [2.75, 3.05) is 18.1 Å². The maximum Gasteiger partial charge on any atom is 0.306 e. The minimum atomic E-state index is -0.155. The molecule has 0 radical (unpaired) electrons. The van der Waals surface area contributed by atoms with Gasteiger partial charge in [0.2, 0.25) is 0 Å². The number of rotatable bonds is 10. The van der Waals surface area contributed by atoms with E-state index >= 15 is 0 Å². The third-order valence-corrected chi connectivity index (χ3v) is 6.19. The Hall–Kier alpha value is -0.390. The van der Waals surface area contributed by atoms with Crippen molar-refractivity contribution in [2.24, 2.45) is 5.92 Å². The molecule has 23 heavy (non-hydrogen) atoms. The summed E-state index contributed by atoms with van der Waals surface area (Å²) in [6, 6.07) is 3.62. The molecule has 0 amide bonds. The van der Waals surface area contributed by atoms with E-state index < -0.39 is 0 Å². The Kier molecular flexibility index (Phi) is 10.1. The number of thioether (sulfide) groups is 1. The summed E-state index contributed by atoms with van der Waals surface area (Å²) in [6.45, 7) is 4.84. The SMILES string of the molecule is CCCCC(CC)COC(=O)CCSc1c(N)ccc(Br)c1Cl. The Morgan fingerprint density at radius 2 is 2.17 bits per heavy atom. The highest BCUT2D eigenvalue weighted by Crippen LogP contribution is 2.37. The zero-order valence-corrected chi connectivity index (χ0v) is 16.9. The fraction of sp³-hybridized carbons (Fsp3) is 0.588. The molecular weight excluding hydrogens is 398 g/mol. The topological polar surface area (TPSA) is 52.3 Å². The van der Waals surface area contributed by atoms with Gasteiger partial charge in [-0.2, -0.15) is 0 Å². The lowest BCUT2D eigenvalue weighted by Crippen LogP contribution is -2.14. The van der Waals surface area contributed by atoms with Gasteiger partial charge in [-0.1, -0.05) is 44.7 Å². The third-order valence-electron chi connectivity index (χ3n) is 3.66. The second-order valence-electron chi connectivity index (χ2n) is 5.48. The van der Waals surface area contributed by atoms with Crippen molar-refractivity contribution in [3.63, 3.8) is 0 Å². The Morgan fingerprint density at radius 3 is 2.83 bits per heavy atom. The van der Waals surface area contributed by atoms with E-state index in [2.05, 4.69) is 29.8 Å². The van der Waals surface area contributed by atoms with Crippen LogP contribution in [-0.2, 0) is 9.53 Å². The first kappa shape index (κ1) is 20.7. The van der Waals surface area contributed by atoms with E-state index in [0.29, 0.717) is 35.4 Å². The van der Waals surface area contributed by atoms with Crippen molar-refractivity contribution in [2.45, 2.75) is 50.8 Å². The van der Waals surface area contributed by atoms with Crippen LogP contribution in [0.2, 0.25) is 5.02 Å². The second-order valence-corrected chi connectivity index (χ2v) is 7.82. The average Bonchev–Trinajstić information content (AvgIpc) is 2.54. The fourth-order valence-electron chi connectivity index (χ4n) is 2.11. The van der Waals surface area contributed by atoms with Crippen LogP contribution in [0.15, 0.2) is 21.5 Å². The van der Waals surface area contributed by atoms with Crippen molar-refractivity contribution in [1.82, 2.24) is 0 Å². The van der Waals surface area contributed by atoms with Crippen LogP contribution >= 0.6 is 39.3 Å². The molecule has 0 aromatic heterocycles. The third kappa shape index (κ3) is 7.36. The highest BCUT2D eigenvalue weighted by Gasteiger charge is 2.12. The number of nitrogen functional groups attached to an aromatic ring is 1. The van der Waals surface area contributed by atoms with Gasteiger partial charge in [-0.15, -0.1) is 11.8 Å². The van der Waals surface area contributed by atoms with E-state index in [-0.39, 0.29) is 5.97 Å². The summed E-state index contributed by atoms with van der Waals surface area (Å²) in [6.07, 6.45) is 4.89. The Morgan fingerprint density at radius 1 is 1.43 bits per heavy atom. The van der Waals surface area contributed by atoms with Gasteiger partial charge < -0.3 is 10.5 Å². The van der Waals surface area contributed by atoms with Gasteiger partial charge in [-0.3, -0.25) is 4.79 Å². The summed E-state index contributed by atoms with van der Waals surface area (Å²) >= 11 is 11.1. The molecule has 3 nitrogen and oxygen atoms in total. The van der Waals surface area contributed by atoms with Crippen LogP contribution in [0.1, 0.15) is 46.0 Å². The predicted molar refractivity (Wildman–Crippen MR) is 103 cm³/mol. The van der Waals surface area contributed by atoms with Crippen molar-refractivity contribution in [3.05, 3.63) is 21.6 Å². The summed E-state index contributed by atoms with van der Waals surface area (Å²) in [4.78, 5) is 12.7. The van der Waals surface area contributed by atoms with Gasteiger partial charge in [-0.05, 0) is 40.4 Å². The lowest BCUT2D eigenvalue weighted by molar-refractivity contribution is -0.144. The maximum absolute atomic E-state index is 11.9. The lowest BCUT2D eigenvalue weighted by Gasteiger charge is -2.14. The van der Waals surface area contributed by atoms with Crippen LogP contribution in [0, 0.1) is 5.92 Å². The molecule has 0 saturated heterocycles. The number of anilines is 1. The molecule has 1 aromatic rings. The molecule has 0 aliphatic carbocycles. The molecule has 2 N–H and O–H groups in total. The first-order valence-electron chi connectivity index (χ1n) is 8.01. The summed E-state index contributed by atoms with van der Waals surface area (Å²) in [5.41, 5.74) is 6.55. The molecule has 130 valence electrons. The highest BCUT2D eigenvalue weighted by atomic mass is 79.9. The molecule has 6 heteroatoms. The molecule has 1 aromatic carbocycles. The maximum atomic E-state index is 11.9. The number of unbranched alkanes of at least 4 members (excludes halogenated alkanes) is 1. The molecule has 0 aliphatic rings. The van der Waals surface area contributed by atoms with Gasteiger partial charge in [-0.25, -0.2) is 0 Å². The number of ether oxygens (including phenoxy) is 1. The van der Waals surface area contributed by atoms with Gasteiger partial charge in [0, 0.05) is 15.9 Å². The molecule has 1 atom stereocenters. The number of halogens is 2. The number of hydrogen-bond acceptors (Lipinski definition) is 4. The molecule has 1 unspecified atom stereocenters. The zero-order chi connectivity index (χ0) is 17.2. The summed E-state index contributed by atoms with van der Waals surface area (Å²) < 4.78 is 6.19. The van der Waals surface area contributed by atoms with Crippen molar-refractivity contribution in [3.8, 4) is 0 Å². The van der Waals surface area contributed by atoms with Gasteiger partial charge in [0.15, 0.2) is 0 Å². The monoisotopic (exact) mass is 421 g/mol. The van der Waals surface area contributed by atoms with Crippen LogP contribution in [-0.4, -0.2) is 18.3 Å². The van der Waals surface area contributed by atoms with Crippen molar-refractivity contribution < 1.29 is 9.53 Å². The van der Waals surface area contributed by atoms with E-state index in [0.717, 1.165) is 22.2 Å². The minimum Gasteiger partial charge on any atom is -0.465 e. The Bertz CT molecular complexity index is 514. The van der Waals surface area contributed by atoms with Gasteiger partial charge >= 0.3 is 5.97 Å². The fourth-order valence-corrected chi connectivity index (χ4v) is 3.85. The lowest BCUT2D eigenvalue weighted by atomic mass is 10.0. The molecule has 0 fully saturated rings. The van der Waals surface area contributed by atoms with Crippen LogP contribution in [0.3, 0.4) is 0 Å².